The number of likely N-dealkylation sites (N-methyl/N-ethyl adjacent to an activating group) is 1. The van der Waals surface area contributed by atoms with Gasteiger partial charge in [0.15, 0.2) is 0 Å². The smallest absolute Gasteiger partial charge is 0.275 e. The van der Waals surface area contributed by atoms with E-state index in [2.05, 4.69) is 41.1 Å². The zero-order chi connectivity index (χ0) is 19.8. The molecule has 2 heterocycles. The summed E-state index contributed by atoms with van der Waals surface area (Å²) >= 11 is 1.32. The predicted molar refractivity (Wildman–Crippen MR) is 110 cm³/mol. The van der Waals surface area contributed by atoms with Crippen molar-refractivity contribution >= 4 is 27.3 Å². The summed E-state index contributed by atoms with van der Waals surface area (Å²) in [6.07, 6.45) is 2.63. The van der Waals surface area contributed by atoms with Gasteiger partial charge in [0.05, 0.1) is 6.54 Å². The quantitative estimate of drug-likeness (QED) is 0.580. The first-order chi connectivity index (χ1) is 13.0. The molecule has 0 spiro atoms. The molecule has 0 radical (unpaired) electrons. The minimum absolute atomic E-state index is 0.0525. The number of fused-ring (bicyclic) bond motifs is 1. The van der Waals surface area contributed by atoms with E-state index < -0.39 is 0 Å². The SMILES string of the molecule is CCCc1cc(=O)n2nc(N(C)CC(=O)NCCCN(CC)CC)sc2n1. The van der Waals surface area contributed by atoms with E-state index in [-0.39, 0.29) is 18.0 Å². The number of rotatable bonds is 11. The first kappa shape index (κ1) is 21.3. The Kier molecular flexibility index (Phi) is 8.18. The number of amides is 1. The molecule has 1 amide bonds. The third-order valence-corrected chi connectivity index (χ3v) is 5.39. The van der Waals surface area contributed by atoms with Crippen LogP contribution >= 0.6 is 11.3 Å². The second kappa shape index (κ2) is 10.4. The highest BCUT2D eigenvalue weighted by molar-refractivity contribution is 7.20. The standard InChI is InChI=1S/C18H30N6O2S/c1-5-9-14-12-16(26)24-17(20-14)27-18(21-24)22(4)13-15(25)19-10-8-11-23(6-2)7-3/h12H,5-11,13H2,1-4H3,(H,19,25). The predicted octanol–water partition coefficient (Wildman–Crippen LogP) is 1.39. The molecule has 0 saturated heterocycles. The lowest BCUT2D eigenvalue weighted by Crippen LogP contribution is -2.36. The van der Waals surface area contributed by atoms with Crippen molar-refractivity contribution in [1.82, 2.24) is 24.8 Å². The van der Waals surface area contributed by atoms with Crippen LogP contribution in [-0.4, -0.2) is 65.2 Å². The number of hydrogen-bond acceptors (Lipinski definition) is 7. The molecule has 0 aliphatic heterocycles. The summed E-state index contributed by atoms with van der Waals surface area (Å²) in [5.41, 5.74) is 0.603. The van der Waals surface area contributed by atoms with Crippen LogP contribution < -0.4 is 15.8 Å². The molecule has 150 valence electrons. The Labute approximate surface area is 164 Å². The summed E-state index contributed by atoms with van der Waals surface area (Å²) in [7, 11) is 1.80. The van der Waals surface area contributed by atoms with Crippen molar-refractivity contribution in [3.8, 4) is 0 Å². The lowest BCUT2D eigenvalue weighted by molar-refractivity contribution is -0.119. The minimum atomic E-state index is -0.180. The number of nitrogens with one attached hydrogen (secondary N) is 1. The fourth-order valence-corrected chi connectivity index (χ4v) is 3.68. The maximum atomic E-state index is 12.2. The van der Waals surface area contributed by atoms with Gasteiger partial charge < -0.3 is 15.1 Å². The number of hydrogen-bond donors (Lipinski definition) is 1. The van der Waals surface area contributed by atoms with E-state index in [0.717, 1.165) is 44.6 Å². The highest BCUT2D eigenvalue weighted by Gasteiger charge is 2.14. The second-order valence-corrected chi connectivity index (χ2v) is 7.44. The van der Waals surface area contributed by atoms with Gasteiger partial charge in [0, 0.05) is 25.4 Å². The fraction of sp³-hybridized carbons (Fsp3) is 0.667. The number of aryl methyl sites for hydroxylation is 1. The van der Waals surface area contributed by atoms with Crippen molar-refractivity contribution in [2.24, 2.45) is 0 Å². The monoisotopic (exact) mass is 394 g/mol. The average Bonchev–Trinajstić information content (AvgIpc) is 3.07. The highest BCUT2D eigenvalue weighted by Crippen LogP contribution is 2.20. The van der Waals surface area contributed by atoms with Gasteiger partial charge in [-0.1, -0.05) is 38.5 Å². The van der Waals surface area contributed by atoms with Gasteiger partial charge in [0.25, 0.3) is 5.56 Å². The topological polar surface area (TPSA) is 82.8 Å². The Hall–Kier alpha value is -2.00. The Morgan fingerprint density at radius 1 is 1.30 bits per heavy atom. The van der Waals surface area contributed by atoms with Gasteiger partial charge in [-0.05, 0) is 32.5 Å². The van der Waals surface area contributed by atoms with Crippen LogP contribution in [0.15, 0.2) is 10.9 Å². The number of aromatic nitrogens is 3. The molecule has 0 aliphatic carbocycles. The minimum Gasteiger partial charge on any atom is -0.355 e. The van der Waals surface area contributed by atoms with Gasteiger partial charge in [-0.25, -0.2) is 4.98 Å². The Bertz CT molecular complexity index is 799. The molecule has 8 nitrogen and oxygen atoms in total. The van der Waals surface area contributed by atoms with Crippen LogP contribution in [0.3, 0.4) is 0 Å². The number of anilines is 1. The van der Waals surface area contributed by atoms with Crippen LogP contribution in [0.4, 0.5) is 5.13 Å². The van der Waals surface area contributed by atoms with E-state index in [1.54, 1.807) is 11.9 Å². The third-order valence-electron chi connectivity index (χ3n) is 4.37. The molecule has 2 rings (SSSR count). The molecule has 0 bridgehead atoms. The maximum Gasteiger partial charge on any atom is 0.275 e. The van der Waals surface area contributed by atoms with E-state index in [9.17, 15) is 9.59 Å². The molecule has 0 atom stereocenters. The van der Waals surface area contributed by atoms with Crippen molar-refractivity contribution in [3.05, 3.63) is 22.1 Å². The van der Waals surface area contributed by atoms with Crippen molar-refractivity contribution in [2.75, 3.05) is 44.7 Å². The second-order valence-electron chi connectivity index (χ2n) is 6.50. The molecule has 2 aromatic rings. The molecule has 0 aromatic carbocycles. The molecular formula is C18H30N6O2S. The summed E-state index contributed by atoms with van der Waals surface area (Å²) < 4.78 is 1.30. The molecule has 0 saturated carbocycles. The fourth-order valence-electron chi connectivity index (χ4n) is 2.79. The zero-order valence-electron chi connectivity index (χ0n) is 16.7. The van der Waals surface area contributed by atoms with E-state index in [1.807, 2.05) is 0 Å². The van der Waals surface area contributed by atoms with Gasteiger partial charge in [0.2, 0.25) is 16.0 Å². The van der Waals surface area contributed by atoms with Crippen molar-refractivity contribution in [2.45, 2.75) is 40.0 Å². The zero-order valence-corrected chi connectivity index (χ0v) is 17.5. The Morgan fingerprint density at radius 2 is 2.04 bits per heavy atom. The lowest BCUT2D eigenvalue weighted by Gasteiger charge is -2.18. The molecule has 9 heteroatoms. The van der Waals surface area contributed by atoms with E-state index in [0.29, 0.717) is 16.6 Å². The van der Waals surface area contributed by atoms with Gasteiger partial charge in [-0.3, -0.25) is 9.59 Å². The molecule has 27 heavy (non-hydrogen) atoms. The maximum absolute atomic E-state index is 12.2. The summed E-state index contributed by atoms with van der Waals surface area (Å²) in [5.74, 6) is -0.0525. The third kappa shape index (κ3) is 6.00. The summed E-state index contributed by atoms with van der Waals surface area (Å²) in [5, 5.41) is 7.85. The summed E-state index contributed by atoms with van der Waals surface area (Å²) in [4.78, 5) is 33.5. The Morgan fingerprint density at radius 3 is 2.70 bits per heavy atom. The number of nitrogens with zero attached hydrogens (tertiary/aromatic N) is 5. The largest absolute Gasteiger partial charge is 0.355 e. The molecule has 0 fully saturated rings. The van der Waals surface area contributed by atoms with Crippen LogP contribution in [-0.2, 0) is 11.2 Å². The van der Waals surface area contributed by atoms with E-state index in [1.165, 1.54) is 21.9 Å². The molecule has 0 unspecified atom stereocenters. The lowest BCUT2D eigenvalue weighted by atomic mass is 10.2. The van der Waals surface area contributed by atoms with Crippen molar-refractivity contribution in [1.29, 1.82) is 0 Å². The number of carbonyl (C=O) groups is 1. The van der Waals surface area contributed by atoms with Gasteiger partial charge in [0.1, 0.15) is 0 Å². The summed E-state index contributed by atoms with van der Waals surface area (Å²) in [6.45, 7) is 10.2. The van der Waals surface area contributed by atoms with Gasteiger partial charge in [-0.2, -0.15) is 4.52 Å². The van der Waals surface area contributed by atoms with Crippen LogP contribution in [0.25, 0.3) is 4.96 Å². The summed E-state index contributed by atoms with van der Waals surface area (Å²) in [6, 6.07) is 1.53. The molecule has 1 N–H and O–H groups in total. The van der Waals surface area contributed by atoms with E-state index >= 15 is 0 Å². The van der Waals surface area contributed by atoms with E-state index in [4.69, 9.17) is 0 Å². The number of carbonyl (C=O) groups excluding carboxylic acids is 1. The normalized spacial score (nSPS) is 11.3. The van der Waals surface area contributed by atoms with Crippen LogP contribution in [0.5, 0.6) is 0 Å². The average molecular weight is 395 g/mol. The van der Waals surface area contributed by atoms with Crippen LogP contribution in [0.2, 0.25) is 0 Å². The van der Waals surface area contributed by atoms with Gasteiger partial charge >= 0.3 is 0 Å². The molecule has 2 aromatic heterocycles. The van der Waals surface area contributed by atoms with Gasteiger partial charge in [-0.15, -0.1) is 5.10 Å². The highest BCUT2D eigenvalue weighted by atomic mass is 32.1. The van der Waals surface area contributed by atoms with Crippen LogP contribution in [0, 0.1) is 0 Å². The Balaban J connectivity index is 1.91. The first-order valence-corrected chi connectivity index (χ1v) is 10.4. The van der Waals surface area contributed by atoms with Crippen molar-refractivity contribution < 1.29 is 4.79 Å². The molecule has 0 aliphatic rings. The van der Waals surface area contributed by atoms with Crippen LogP contribution in [0.1, 0.15) is 39.3 Å². The van der Waals surface area contributed by atoms with Crippen molar-refractivity contribution in [3.63, 3.8) is 0 Å². The molecular weight excluding hydrogens is 364 g/mol. The first-order valence-electron chi connectivity index (χ1n) is 9.58.